The van der Waals surface area contributed by atoms with Crippen molar-refractivity contribution < 1.29 is 9.59 Å². The number of nitrogens with one attached hydrogen (secondary N) is 2. The minimum Gasteiger partial charge on any atom is -0.325 e. The molecule has 22 heavy (non-hydrogen) atoms. The normalized spacial score (nSPS) is 10.5. The molecule has 2 N–H and O–H groups in total. The zero-order valence-electron chi connectivity index (χ0n) is 12.5. The Kier molecular flexibility index (Phi) is 5.21. The zero-order valence-corrected chi connectivity index (χ0v) is 13.4. The van der Waals surface area contributed by atoms with Crippen molar-refractivity contribution in [1.29, 1.82) is 0 Å². The number of anilines is 1. The molecule has 2 aromatic rings. The summed E-state index contributed by atoms with van der Waals surface area (Å²) in [7, 11) is 0. The number of carbonyl (C=O) groups is 2. The van der Waals surface area contributed by atoms with Gasteiger partial charge in [-0.25, -0.2) is 0 Å². The number of H-pyrrole nitrogens is 1. The van der Waals surface area contributed by atoms with E-state index in [9.17, 15) is 9.59 Å². The summed E-state index contributed by atoms with van der Waals surface area (Å²) in [5.41, 5.74) is 1.25. The number of hydrogen-bond acceptors (Lipinski definition) is 4. The predicted molar refractivity (Wildman–Crippen MR) is 86.5 cm³/mol. The second-order valence-electron chi connectivity index (χ2n) is 4.96. The molecule has 0 saturated heterocycles. The maximum Gasteiger partial charge on any atom is 0.244 e. The summed E-state index contributed by atoms with van der Waals surface area (Å²) in [6.45, 7) is 3.65. The highest BCUT2D eigenvalue weighted by atomic mass is 32.1. The number of Topliss-reactive ketones (excluding diaryl/α,β-unsaturated/α-hetero) is 1. The number of hydrogen-bond donors (Lipinski definition) is 2. The standard InChI is InChI=1S/C15H18N4O2S/c1-3-4-13-17-18-15(22)19(13)9-14(21)16-12-7-5-11(6-8-12)10(2)20/h5-8H,3-4,9H2,1-2H3,(H,16,21)(H,18,22). The summed E-state index contributed by atoms with van der Waals surface area (Å²) < 4.78 is 2.13. The van der Waals surface area contributed by atoms with Crippen LogP contribution in [0.2, 0.25) is 0 Å². The molecule has 2 rings (SSSR count). The van der Waals surface area contributed by atoms with E-state index in [2.05, 4.69) is 15.5 Å². The number of aryl methyl sites for hydroxylation is 1. The Balaban J connectivity index is 2.05. The zero-order chi connectivity index (χ0) is 16.1. The fraction of sp³-hybridized carbons (Fsp3) is 0.333. The monoisotopic (exact) mass is 318 g/mol. The molecule has 1 aromatic heterocycles. The minimum atomic E-state index is -0.189. The molecule has 0 atom stereocenters. The van der Waals surface area contributed by atoms with Crippen molar-refractivity contribution in [1.82, 2.24) is 14.8 Å². The lowest BCUT2D eigenvalue weighted by Crippen LogP contribution is -2.20. The first-order chi connectivity index (χ1) is 10.5. The largest absolute Gasteiger partial charge is 0.325 e. The van der Waals surface area contributed by atoms with Crippen LogP contribution in [0.4, 0.5) is 5.69 Å². The van der Waals surface area contributed by atoms with Crippen LogP contribution in [-0.4, -0.2) is 26.5 Å². The van der Waals surface area contributed by atoms with Gasteiger partial charge in [0.2, 0.25) is 5.91 Å². The third kappa shape index (κ3) is 3.88. The molecule has 0 saturated carbocycles. The van der Waals surface area contributed by atoms with Crippen LogP contribution >= 0.6 is 12.2 Å². The van der Waals surface area contributed by atoms with E-state index < -0.39 is 0 Å². The van der Waals surface area contributed by atoms with E-state index in [0.717, 1.165) is 18.7 Å². The average molecular weight is 318 g/mol. The van der Waals surface area contributed by atoms with Gasteiger partial charge in [-0.3, -0.25) is 19.3 Å². The number of benzene rings is 1. The van der Waals surface area contributed by atoms with Gasteiger partial charge in [-0.2, -0.15) is 5.10 Å². The number of amides is 1. The molecule has 7 heteroatoms. The van der Waals surface area contributed by atoms with Gasteiger partial charge in [-0.05, 0) is 49.8 Å². The SMILES string of the molecule is CCCc1n[nH]c(=S)n1CC(=O)Nc1ccc(C(C)=O)cc1. The summed E-state index contributed by atoms with van der Waals surface area (Å²) in [6, 6.07) is 6.78. The van der Waals surface area contributed by atoms with Crippen molar-refractivity contribution in [2.24, 2.45) is 0 Å². The van der Waals surface area contributed by atoms with E-state index in [-0.39, 0.29) is 18.2 Å². The van der Waals surface area contributed by atoms with Crippen LogP contribution in [-0.2, 0) is 17.8 Å². The lowest BCUT2D eigenvalue weighted by Gasteiger charge is -2.08. The first-order valence-corrected chi connectivity index (χ1v) is 7.47. The number of nitrogens with zero attached hydrogens (tertiary/aromatic N) is 2. The third-order valence-electron chi connectivity index (χ3n) is 3.19. The second-order valence-corrected chi connectivity index (χ2v) is 5.35. The van der Waals surface area contributed by atoms with Crippen LogP contribution in [0.5, 0.6) is 0 Å². The first kappa shape index (κ1) is 16.1. The highest BCUT2D eigenvalue weighted by Gasteiger charge is 2.10. The molecule has 1 amide bonds. The molecule has 0 aliphatic rings. The lowest BCUT2D eigenvalue weighted by atomic mass is 10.1. The average Bonchev–Trinajstić information content (AvgIpc) is 2.81. The van der Waals surface area contributed by atoms with Gasteiger partial charge in [0, 0.05) is 17.7 Å². The molecule has 0 unspecified atom stereocenters. The van der Waals surface area contributed by atoms with Crippen LogP contribution in [0.25, 0.3) is 0 Å². The van der Waals surface area contributed by atoms with Gasteiger partial charge in [0.15, 0.2) is 10.6 Å². The summed E-state index contributed by atoms with van der Waals surface area (Å²) in [6.07, 6.45) is 1.68. The van der Waals surface area contributed by atoms with E-state index in [4.69, 9.17) is 12.2 Å². The topological polar surface area (TPSA) is 79.8 Å². The number of carbonyl (C=O) groups excluding carboxylic acids is 2. The smallest absolute Gasteiger partial charge is 0.244 e. The molecule has 0 radical (unpaired) electrons. The molecule has 0 spiro atoms. The van der Waals surface area contributed by atoms with Crippen LogP contribution in [0.1, 0.15) is 36.5 Å². The predicted octanol–water partition coefficient (Wildman–Crippen LogP) is 2.73. The Morgan fingerprint density at radius 3 is 2.59 bits per heavy atom. The molecule has 6 nitrogen and oxygen atoms in total. The van der Waals surface area contributed by atoms with Gasteiger partial charge in [0.25, 0.3) is 0 Å². The molecule has 0 aliphatic carbocycles. The van der Waals surface area contributed by atoms with Crippen LogP contribution < -0.4 is 5.32 Å². The molecule has 1 aromatic carbocycles. The van der Waals surface area contributed by atoms with Gasteiger partial charge < -0.3 is 5.32 Å². The Morgan fingerprint density at radius 1 is 1.32 bits per heavy atom. The first-order valence-electron chi connectivity index (χ1n) is 7.06. The molecule has 0 fully saturated rings. The van der Waals surface area contributed by atoms with Crippen LogP contribution in [0.3, 0.4) is 0 Å². The fourth-order valence-electron chi connectivity index (χ4n) is 2.06. The molecular formula is C15H18N4O2S. The number of aromatic amines is 1. The van der Waals surface area contributed by atoms with E-state index in [1.165, 1.54) is 6.92 Å². The maximum absolute atomic E-state index is 12.1. The molecule has 1 heterocycles. The Bertz CT molecular complexity index is 731. The van der Waals surface area contributed by atoms with Crippen molar-refractivity contribution in [3.8, 4) is 0 Å². The number of ketones is 1. The van der Waals surface area contributed by atoms with Crippen molar-refractivity contribution in [2.75, 3.05) is 5.32 Å². The van der Waals surface area contributed by atoms with Crippen molar-refractivity contribution >= 4 is 29.6 Å². The van der Waals surface area contributed by atoms with Crippen molar-refractivity contribution in [2.45, 2.75) is 33.2 Å². The second kappa shape index (κ2) is 7.13. The van der Waals surface area contributed by atoms with Gasteiger partial charge >= 0.3 is 0 Å². The molecule has 0 bridgehead atoms. The van der Waals surface area contributed by atoms with Gasteiger partial charge in [0.05, 0.1) is 0 Å². The fourth-order valence-corrected chi connectivity index (χ4v) is 2.28. The number of aromatic nitrogens is 3. The van der Waals surface area contributed by atoms with E-state index in [0.29, 0.717) is 16.0 Å². The number of rotatable bonds is 6. The van der Waals surface area contributed by atoms with Crippen LogP contribution in [0.15, 0.2) is 24.3 Å². The Hall–Kier alpha value is -2.28. The van der Waals surface area contributed by atoms with E-state index >= 15 is 0 Å². The Morgan fingerprint density at radius 2 is 2.00 bits per heavy atom. The van der Waals surface area contributed by atoms with Gasteiger partial charge in [-0.15, -0.1) is 0 Å². The lowest BCUT2D eigenvalue weighted by molar-refractivity contribution is -0.116. The summed E-state index contributed by atoms with van der Waals surface area (Å²) >= 11 is 5.14. The maximum atomic E-state index is 12.1. The molecule has 0 aliphatic heterocycles. The highest BCUT2D eigenvalue weighted by molar-refractivity contribution is 7.71. The van der Waals surface area contributed by atoms with E-state index in [1.54, 1.807) is 28.8 Å². The highest BCUT2D eigenvalue weighted by Crippen LogP contribution is 2.10. The van der Waals surface area contributed by atoms with Gasteiger partial charge in [-0.1, -0.05) is 6.92 Å². The van der Waals surface area contributed by atoms with Gasteiger partial charge in [0.1, 0.15) is 12.4 Å². The summed E-state index contributed by atoms with van der Waals surface area (Å²) in [5, 5.41) is 9.62. The Labute approximate surface area is 133 Å². The molecular weight excluding hydrogens is 300 g/mol. The van der Waals surface area contributed by atoms with Crippen LogP contribution in [0, 0.1) is 4.77 Å². The van der Waals surface area contributed by atoms with Crippen molar-refractivity contribution in [3.63, 3.8) is 0 Å². The third-order valence-corrected chi connectivity index (χ3v) is 3.50. The minimum absolute atomic E-state index is 0.00761. The van der Waals surface area contributed by atoms with Crippen molar-refractivity contribution in [3.05, 3.63) is 40.4 Å². The summed E-state index contributed by atoms with van der Waals surface area (Å²) in [5.74, 6) is 0.576. The summed E-state index contributed by atoms with van der Waals surface area (Å²) in [4.78, 5) is 23.3. The van der Waals surface area contributed by atoms with E-state index in [1.807, 2.05) is 6.92 Å². The quantitative estimate of drug-likeness (QED) is 0.634. The molecule has 116 valence electrons.